The van der Waals surface area contributed by atoms with Crippen molar-refractivity contribution in [3.8, 4) is 0 Å². The molecule has 0 saturated heterocycles. The van der Waals surface area contributed by atoms with Crippen LogP contribution in [0.15, 0.2) is 0 Å². The molecule has 0 aromatic rings. The number of thioether (sulfide) groups is 2. The summed E-state index contributed by atoms with van der Waals surface area (Å²) in [6, 6.07) is 2.44. The van der Waals surface area contributed by atoms with Gasteiger partial charge >= 0.3 is 23.9 Å². The highest BCUT2D eigenvalue weighted by molar-refractivity contribution is 8.13. The molecule has 0 fully saturated rings. The van der Waals surface area contributed by atoms with Gasteiger partial charge in [0.2, 0.25) is 0 Å². The summed E-state index contributed by atoms with van der Waals surface area (Å²) < 4.78 is 28.7. The van der Waals surface area contributed by atoms with Crippen LogP contribution in [0.2, 0.25) is 38.3 Å². The summed E-state index contributed by atoms with van der Waals surface area (Å²) in [6.45, 7) is 12.7. The second-order valence-corrected chi connectivity index (χ2v) is 24.9. The van der Waals surface area contributed by atoms with Crippen LogP contribution in [0.4, 0.5) is 0 Å². The average Bonchev–Trinajstić information content (AvgIpc) is 3.14. The SMILES string of the molecule is CCC(COCC(CC)(COC(=O)CCS)COC(=O)CCSC(=O)CCCC[SiH](C)C)(COC(=O)CCS)COC(=O)CCSC(=O)CCCC[SiH](C)C. The molecule has 0 radical (unpaired) electrons. The van der Waals surface area contributed by atoms with Crippen LogP contribution in [0.25, 0.3) is 0 Å². The van der Waals surface area contributed by atoms with Crippen LogP contribution in [-0.4, -0.2) is 114 Å². The molecule has 0 aromatic carbocycles. The Morgan fingerprint density at radius 3 is 1.11 bits per heavy atom. The summed E-state index contributed by atoms with van der Waals surface area (Å²) in [4.78, 5) is 74.7. The van der Waals surface area contributed by atoms with Crippen molar-refractivity contribution in [1.82, 2.24) is 0 Å². The Labute approximate surface area is 353 Å². The highest BCUT2D eigenvalue weighted by Gasteiger charge is 2.37. The molecular weight excluding hydrogens is 817 g/mol. The molecule has 0 heterocycles. The fourth-order valence-corrected chi connectivity index (χ4v) is 9.18. The highest BCUT2D eigenvalue weighted by Crippen LogP contribution is 2.29. The fraction of sp³-hybridized carbons (Fsp3) is 0.842. The molecule has 11 nitrogen and oxygen atoms in total. The summed E-state index contributed by atoms with van der Waals surface area (Å²) in [5.41, 5.74) is -1.80. The van der Waals surface area contributed by atoms with Gasteiger partial charge in [-0.3, -0.25) is 28.8 Å². The predicted octanol–water partition coefficient (Wildman–Crippen LogP) is 7.22. The van der Waals surface area contributed by atoms with Gasteiger partial charge in [0.15, 0.2) is 10.2 Å². The van der Waals surface area contributed by atoms with Crippen LogP contribution in [0.3, 0.4) is 0 Å². The normalized spacial score (nSPS) is 13.6. The van der Waals surface area contributed by atoms with Gasteiger partial charge in [-0.05, 0) is 25.7 Å². The third-order valence-corrected chi connectivity index (χ3v) is 14.5. The van der Waals surface area contributed by atoms with Gasteiger partial charge in [-0.15, -0.1) is 0 Å². The van der Waals surface area contributed by atoms with E-state index < -0.39 is 52.3 Å². The standard InChI is InChI=1S/C38H70O11S4Si2/c1-7-37(27-46-31(39)15-19-50,29-48-33(41)17-21-52-35(43)13-9-11-23-54(3)4)25-45-26-38(8-2,28-47-32(40)16-20-51)30-49-34(42)18-22-53-36(44)14-10-12-24-55(5)6/h50-51,54-55H,7-30H2,1-6H3. The molecule has 0 saturated carbocycles. The van der Waals surface area contributed by atoms with Gasteiger partial charge in [-0.1, -0.05) is 88.5 Å². The second kappa shape index (κ2) is 32.9. The Morgan fingerprint density at radius 2 is 0.818 bits per heavy atom. The number of ether oxygens (including phenoxy) is 5. The van der Waals surface area contributed by atoms with Gasteiger partial charge in [0.25, 0.3) is 0 Å². The zero-order valence-electron chi connectivity index (χ0n) is 34.3. The van der Waals surface area contributed by atoms with E-state index in [4.69, 9.17) is 23.7 Å². The third-order valence-electron chi connectivity index (χ3n) is 9.07. The average molecular weight is 887 g/mol. The van der Waals surface area contributed by atoms with Gasteiger partial charge in [-0.25, -0.2) is 0 Å². The Morgan fingerprint density at radius 1 is 0.491 bits per heavy atom. The number of hydrogen-bond acceptors (Lipinski definition) is 15. The minimum Gasteiger partial charge on any atom is -0.465 e. The van der Waals surface area contributed by atoms with Crippen molar-refractivity contribution in [2.75, 3.05) is 62.7 Å². The number of unbranched alkanes of at least 4 members (excludes halogenated alkanes) is 2. The third kappa shape index (κ3) is 29.0. The molecule has 2 unspecified atom stereocenters. The summed E-state index contributed by atoms with van der Waals surface area (Å²) in [6.07, 6.45) is 6.07. The van der Waals surface area contributed by atoms with E-state index in [1.807, 2.05) is 13.8 Å². The monoisotopic (exact) mass is 886 g/mol. The Hall–Kier alpha value is -0.986. The van der Waals surface area contributed by atoms with E-state index in [0.29, 0.717) is 48.7 Å². The number of hydrogen-bond donors (Lipinski definition) is 2. The van der Waals surface area contributed by atoms with Crippen LogP contribution in [-0.2, 0) is 52.5 Å². The quantitative estimate of drug-likeness (QED) is 0.0221. The first-order valence-corrected chi connectivity index (χ1v) is 29.4. The van der Waals surface area contributed by atoms with E-state index in [1.54, 1.807) is 0 Å². The molecule has 0 aliphatic rings. The number of thiol groups is 2. The van der Waals surface area contributed by atoms with E-state index in [2.05, 4.69) is 51.4 Å². The zero-order chi connectivity index (χ0) is 41.5. The summed E-state index contributed by atoms with van der Waals surface area (Å²) in [7, 11) is -1.25. The van der Waals surface area contributed by atoms with Gasteiger partial charge < -0.3 is 23.7 Å². The molecule has 320 valence electrons. The molecular formula is C38H70O11S4Si2. The van der Waals surface area contributed by atoms with Gasteiger partial charge in [0.1, 0.15) is 26.4 Å². The van der Waals surface area contributed by atoms with Crippen LogP contribution < -0.4 is 0 Å². The lowest BCUT2D eigenvalue weighted by atomic mass is 9.86. The van der Waals surface area contributed by atoms with Crippen LogP contribution in [0.1, 0.15) is 90.9 Å². The highest BCUT2D eigenvalue weighted by atomic mass is 32.2. The number of carbonyl (C=O) groups is 6. The lowest BCUT2D eigenvalue weighted by Gasteiger charge is -2.35. The molecule has 0 rings (SSSR count). The first-order chi connectivity index (χ1) is 26.1. The van der Waals surface area contributed by atoms with E-state index in [-0.39, 0.29) is 75.6 Å². The molecule has 0 bridgehead atoms. The number of carbonyl (C=O) groups excluding carboxylic acids is 6. The smallest absolute Gasteiger partial charge is 0.306 e. The minimum atomic E-state index is -0.899. The molecule has 2 atom stereocenters. The van der Waals surface area contributed by atoms with Crippen molar-refractivity contribution in [3.63, 3.8) is 0 Å². The molecule has 55 heavy (non-hydrogen) atoms. The number of esters is 4. The summed E-state index contributed by atoms with van der Waals surface area (Å²) in [5.74, 6) is -0.544. The Bertz CT molecular complexity index is 1050. The summed E-state index contributed by atoms with van der Waals surface area (Å²) >= 11 is 10.5. The molecule has 0 aliphatic heterocycles. The second-order valence-electron chi connectivity index (χ2n) is 15.0. The van der Waals surface area contributed by atoms with Crippen molar-refractivity contribution in [2.45, 2.75) is 129 Å². The topological polar surface area (TPSA) is 149 Å². The van der Waals surface area contributed by atoms with E-state index in [0.717, 1.165) is 49.2 Å². The van der Waals surface area contributed by atoms with Crippen LogP contribution in [0, 0.1) is 10.8 Å². The molecule has 0 spiro atoms. The largest absolute Gasteiger partial charge is 0.465 e. The maximum absolute atomic E-state index is 12.8. The molecule has 0 aromatic heterocycles. The Balaban J connectivity index is 5.47. The fourth-order valence-electron chi connectivity index (χ4n) is 5.04. The van der Waals surface area contributed by atoms with Gasteiger partial charge in [-0.2, -0.15) is 25.3 Å². The van der Waals surface area contributed by atoms with Crippen LogP contribution in [0.5, 0.6) is 0 Å². The first kappa shape index (κ1) is 54.0. The van der Waals surface area contributed by atoms with E-state index in [9.17, 15) is 28.8 Å². The zero-order valence-corrected chi connectivity index (χ0v) is 40.1. The molecule has 0 aliphatic carbocycles. The first-order valence-electron chi connectivity index (χ1n) is 19.9. The maximum Gasteiger partial charge on any atom is 0.306 e. The van der Waals surface area contributed by atoms with Gasteiger partial charge in [0.05, 0.1) is 49.7 Å². The van der Waals surface area contributed by atoms with Crippen molar-refractivity contribution in [1.29, 1.82) is 0 Å². The molecule has 17 heteroatoms. The molecule has 0 N–H and O–H groups in total. The van der Waals surface area contributed by atoms with Crippen LogP contribution >= 0.6 is 48.8 Å². The van der Waals surface area contributed by atoms with Crippen molar-refractivity contribution in [3.05, 3.63) is 0 Å². The van der Waals surface area contributed by atoms with E-state index in [1.165, 1.54) is 12.1 Å². The Kier molecular flexibility index (Phi) is 32.3. The number of rotatable bonds is 34. The van der Waals surface area contributed by atoms with Crippen molar-refractivity contribution < 1.29 is 52.5 Å². The maximum atomic E-state index is 12.8. The lowest BCUT2D eigenvalue weighted by Crippen LogP contribution is -2.42. The predicted molar refractivity (Wildman–Crippen MR) is 236 cm³/mol. The van der Waals surface area contributed by atoms with Crippen molar-refractivity contribution in [2.24, 2.45) is 10.8 Å². The van der Waals surface area contributed by atoms with E-state index >= 15 is 0 Å². The van der Waals surface area contributed by atoms with Crippen molar-refractivity contribution >= 4 is 100 Å². The lowest BCUT2D eigenvalue weighted by molar-refractivity contribution is -0.163. The van der Waals surface area contributed by atoms with Gasteiger partial charge in [0, 0.05) is 53.4 Å². The molecule has 0 amide bonds. The summed E-state index contributed by atoms with van der Waals surface area (Å²) in [5, 5.41) is 0.148. The minimum absolute atomic E-state index is 0.0236.